The predicted octanol–water partition coefficient (Wildman–Crippen LogP) is 3.90. The minimum absolute atomic E-state index is 0.0135. The molecule has 33 heteroatoms. The third kappa shape index (κ3) is 33.4. The molecule has 0 saturated carbocycles. The van der Waals surface area contributed by atoms with Gasteiger partial charge in [0.25, 0.3) is 23.6 Å². The van der Waals surface area contributed by atoms with Crippen molar-refractivity contribution < 1.29 is 87.2 Å². The van der Waals surface area contributed by atoms with E-state index in [0.29, 0.717) is 29.7 Å². The second-order valence-electron chi connectivity index (χ2n) is 35.2. The molecule has 13 atom stereocenters. The van der Waals surface area contributed by atoms with E-state index >= 15 is 0 Å². The number of rotatable bonds is 47. The van der Waals surface area contributed by atoms with Crippen LogP contribution >= 0.6 is 0 Å². The van der Waals surface area contributed by atoms with Crippen LogP contribution in [0.4, 0.5) is 0 Å². The van der Waals surface area contributed by atoms with Gasteiger partial charge in [-0.25, -0.2) is 0 Å². The largest absolute Gasteiger partial charge is 0.388 e. The number of nitrogens with zero attached hydrogens (tertiary/aromatic N) is 1. The molecule has 0 aromatic carbocycles. The Morgan fingerprint density at radius 3 is 1.08 bits per heavy atom. The molecule has 33 nitrogen and oxygen atoms in total. The van der Waals surface area contributed by atoms with Crippen LogP contribution in [-0.4, -0.2) is 207 Å². The van der Waals surface area contributed by atoms with Gasteiger partial charge in [0.2, 0.25) is 59.1 Å². The fourth-order valence-corrected chi connectivity index (χ4v) is 12.0. The first kappa shape index (κ1) is 108. The summed E-state index contributed by atoms with van der Waals surface area (Å²) in [7, 11) is 3.75. The van der Waals surface area contributed by atoms with Gasteiger partial charge < -0.3 is 94.7 Å². The van der Waals surface area contributed by atoms with Crippen molar-refractivity contribution in [3.05, 3.63) is 45.1 Å². The summed E-state index contributed by atoms with van der Waals surface area (Å²) in [5, 5.41) is 71.1. The zero-order valence-electron chi connectivity index (χ0n) is 76.2. The lowest BCUT2D eigenvalue weighted by Crippen LogP contribution is -2.66. The number of hydrogen-bond acceptors (Lipinski definition) is 19. The van der Waals surface area contributed by atoms with E-state index in [2.05, 4.69) is 74.4 Å². The van der Waals surface area contributed by atoms with Crippen molar-refractivity contribution in [3.63, 3.8) is 0 Å². The van der Waals surface area contributed by atoms with E-state index in [1.165, 1.54) is 69.2 Å². The number of nitrogens with one attached hydrogen (secondary N) is 14. The van der Waals surface area contributed by atoms with Gasteiger partial charge in [0, 0.05) is 18.5 Å². The molecule has 0 rings (SSSR count). The van der Waals surface area contributed by atoms with Gasteiger partial charge in [-0.05, 0) is 201 Å². The monoisotopic (exact) mass is 1650 g/mol. The van der Waals surface area contributed by atoms with Crippen LogP contribution in [-0.2, 0) is 71.9 Å². The molecule has 0 aromatic heterocycles. The third-order valence-electron chi connectivity index (χ3n) is 20.8. The topological polar surface area (TPSA) is 488 Å². The Hall–Kier alpha value is -8.95. The number of amides is 14. The third-order valence-corrected chi connectivity index (χ3v) is 20.8. The summed E-state index contributed by atoms with van der Waals surface area (Å²) >= 11 is 0. The van der Waals surface area contributed by atoms with Crippen LogP contribution < -0.4 is 74.4 Å². The molecule has 0 bridgehead atoms. The first-order valence-corrected chi connectivity index (χ1v) is 40.9. The average Bonchev–Trinajstić information content (AvgIpc) is 0.809. The number of carbonyl (C=O) groups is 15. The fourth-order valence-electron chi connectivity index (χ4n) is 12.0. The van der Waals surface area contributed by atoms with E-state index in [4.69, 9.17) is 0 Å². The molecule has 0 radical (unpaired) electrons. The van der Waals surface area contributed by atoms with Gasteiger partial charge in [0.05, 0.1) is 16.8 Å². The summed E-state index contributed by atoms with van der Waals surface area (Å²) in [5.41, 5.74) is -7.37. The Morgan fingerprint density at radius 2 is 0.701 bits per heavy atom. The van der Waals surface area contributed by atoms with Crippen LogP contribution in [0.1, 0.15) is 253 Å². The van der Waals surface area contributed by atoms with E-state index in [0.717, 1.165) is 0 Å². The molecule has 666 valence electrons. The number of ketones is 1. The van der Waals surface area contributed by atoms with Crippen LogP contribution in [0.5, 0.6) is 0 Å². The number of likely N-dealkylation sites (N-methyl/N-ethyl adjacent to an activating group) is 1. The van der Waals surface area contributed by atoms with Crippen molar-refractivity contribution >= 4 is 88.5 Å². The average molecular weight is 1660 g/mol. The predicted molar refractivity (Wildman–Crippen MR) is 449 cm³/mol. The van der Waals surface area contributed by atoms with Gasteiger partial charge in [-0.3, -0.25) is 71.9 Å². The number of carbonyl (C=O) groups excluding carboxylic acids is 15. The molecule has 0 unspecified atom stereocenters. The van der Waals surface area contributed by atoms with Crippen LogP contribution in [0.25, 0.3) is 0 Å². The Labute approximate surface area is 695 Å². The molecule has 0 heterocycles. The summed E-state index contributed by atoms with van der Waals surface area (Å²) in [6, 6.07) is -14.0. The summed E-state index contributed by atoms with van der Waals surface area (Å²) in [6.07, 6.45) is 1.24. The Bertz CT molecular complexity index is 3660. The zero-order valence-corrected chi connectivity index (χ0v) is 76.2. The quantitative estimate of drug-likeness (QED) is 0.0303. The van der Waals surface area contributed by atoms with Crippen molar-refractivity contribution in [2.45, 2.75) is 330 Å². The van der Waals surface area contributed by atoms with Gasteiger partial charge in [-0.1, -0.05) is 124 Å². The van der Waals surface area contributed by atoms with E-state index < -0.39 is 195 Å². The summed E-state index contributed by atoms with van der Waals surface area (Å²) in [6.45, 7) is 49.3. The van der Waals surface area contributed by atoms with Crippen molar-refractivity contribution in [3.8, 4) is 0 Å². The van der Waals surface area contributed by atoms with Crippen molar-refractivity contribution in [1.29, 1.82) is 0 Å². The smallest absolute Gasteiger partial charge is 0.268 e. The summed E-state index contributed by atoms with van der Waals surface area (Å²) < 4.78 is 0. The normalized spacial score (nSPS) is 16.3. The first-order valence-electron chi connectivity index (χ1n) is 40.9. The highest BCUT2D eigenvalue weighted by Crippen LogP contribution is 2.28. The minimum atomic E-state index is -2.15. The molecule has 0 aliphatic rings. The van der Waals surface area contributed by atoms with Crippen molar-refractivity contribution in [2.75, 3.05) is 20.6 Å². The lowest BCUT2D eigenvalue weighted by atomic mass is 9.78. The minimum Gasteiger partial charge on any atom is -0.388 e. The lowest BCUT2D eigenvalue weighted by Gasteiger charge is -2.35. The highest BCUT2D eigenvalue weighted by atomic mass is 16.3. The SMILES string of the molecule is CC/C(C)=C(\NC(=O)[C@@H](NC(=O)C(C)(C)C(=O)[C@H](C)CC(C)C)[C@](C)(O)CC)C(=O)N[C@@H](C)C(=O)N/C(C(=O)N[C@@H](C(=O)N[C@@H](C(=O)N[C@H](C(=O)N[C@@H](C(=O)N/C(C(=O)N[C@H](C)C(=O)N[C@H](C(=O)N[C@@H](C(=O)NC(C(=O)N[C@H](CN(C)C)C(C)C)=C(C)C)C(C)C)C(C)C)=C(/C)CC)C(C)(C)O)C(C)(C)O)[C@@H](C)CC)C(C)C)=C(\C)CC. The molecule has 0 aromatic rings. The van der Waals surface area contributed by atoms with E-state index in [1.807, 2.05) is 46.7 Å². The number of aliphatic hydroxyl groups is 3. The number of hydrogen-bond donors (Lipinski definition) is 17. The van der Waals surface area contributed by atoms with Crippen LogP contribution in [0.15, 0.2) is 45.1 Å². The van der Waals surface area contributed by atoms with Crippen molar-refractivity contribution in [1.82, 2.24) is 79.3 Å². The Kier molecular flexibility index (Phi) is 44.0. The number of allylic oxidation sites excluding steroid dienone is 4. The lowest BCUT2D eigenvalue weighted by molar-refractivity contribution is -0.147. The van der Waals surface area contributed by atoms with Gasteiger partial charge in [-0.2, -0.15) is 0 Å². The van der Waals surface area contributed by atoms with Gasteiger partial charge in [-0.15, -0.1) is 0 Å². The molecular formula is C84H147N15O18. The highest BCUT2D eigenvalue weighted by molar-refractivity contribution is 6.09. The van der Waals surface area contributed by atoms with Crippen LogP contribution in [0, 0.1) is 46.8 Å². The maximum absolute atomic E-state index is 14.6. The van der Waals surface area contributed by atoms with Gasteiger partial charge >= 0.3 is 0 Å². The molecule has 0 spiro atoms. The highest BCUT2D eigenvalue weighted by Gasteiger charge is 2.47. The summed E-state index contributed by atoms with van der Waals surface area (Å²) in [4.78, 5) is 214. The molecule has 0 aliphatic carbocycles. The maximum atomic E-state index is 14.6. The van der Waals surface area contributed by atoms with E-state index in [-0.39, 0.29) is 78.4 Å². The maximum Gasteiger partial charge on any atom is 0.268 e. The molecular weight excluding hydrogens is 1510 g/mol. The molecule has 17 N–H and O–H groups in total. The van der Waals surface area contributed by atoms with Crippen LogP contribution in [0.2, 0.25) is 0 Å². The van der Waals surface area contributed by atoms with Crippen molar-refractivity contribution in [2.24, 2.45) is 46.8 Å². The Morgan fingerprint density at radius 1 is 0.359 bits per heavy atom. The summed E-state index contributed by atoms with van der Waals surface area (Å²) in [5.74, 6) is -15.9. The molecule has 14 amide bonds. The zero-order chi connectivity index (χ0) is 91.5. The molecule has 0 saturated heterocycles. The van der Waals surface area contributed by atoms with Gasteiger partial charge in [0.15, 0.2) is 5.78 Å². The van der Waals surface area contributed by atoms with Crippen LogP contribution in [0.3, 0.4) is 0 Å². The standard InChI is InChI=1S/C84H147N15O18/c1-34-47(18)59(73(107)85-52(23)67(101)88-56(44(12)13)70(104)90-57(45(14)15)71(105)89-55(43(10)11)69(103)87-54(42(8)9)40-99(32)33)94-77(111)63(82(27,28)115)97-78(112)64(83(29,30)116)96-76(110)62(50(21)37-4)93-72(106)58(46(16)17)91-75(109)61(49(20)36-3)92-68(102)53(24)86-74(108)60(48(19)35-2)95-79(113)65(84(31,117)38-5)98-80(114)81(25,26)66(100)51(22)39-41(6)7/h41-42,44-46,50-54,56-58,62-65,115-117H,34-40H2,1-33H3,(H,85,107)(H,86,108)(H,87,103)(H,88,101)(H,89,105)(H,90,104)(H,91,109)(H,92,102)(H,93,106)(H,94,111)(H,95,113)(H,96,110)(H,97,112)(H,98,114)/b59-47-,60-48-,61-49+/t50-,51+,52+,53-,54+,56-,57+,58+,62+,63-,64+,65+,84+/m0/s1. The molecule has 117 heavy (non-hydrogen) atoms. The second kappa shape index (κ2) is 47.6. The first-order chi connectivity index (χ1) is 53.5. The van der Waals surface area contributed by atoms with Gasteiger partial charge in [0.1, 0.15) is 82.6 Å². The molecule has 0 fully saturated rings. The number of Topliss-reactive ketones (excluding diaryl/α,β-unsaturated/α-hetero) is 1. The van der Waals surface area contributed by atoms with E-state index in [9.17, 15) is 87.2 Å². The van der Waals surface area contributed by atoms with E-state index in [1.54, 1.807) is 118 Å². The molecule has 0 aliphatic heterocycles. The Balaban J connectivity index is 6.94. The fraction of sp³-hybridized carbons (Fsp3) is 0.726. The second-order valence-corrected chi connectivity index (χ2v) is 35.2.